The predicted molar refractivity (Wildman–Crippen MR) is 179 cm³/mol. The van der Waals surface area contributed by atoms with Crippen molar-refractivity contribution < 1.29 is 23.2 Å². The Bertz CT molecular complexity index is 1530. The van der Waals surface area contributed by atoms with Gasteiger partial charge in [-0.3, -0.25) is 9.52 Å². The van der Waals surface area contributed by atoms with Gasteiger partial charge in [-0.15, -0.1) is 0 Å². The molecule has 44 heavy (non-hydrogen) atoms. The molecule has 2 aliphatic heterocycles. The highest BCUT2D eigenvalue weighted by Gasteiger charge is 2.44. The van der Waals surface area contributed by atoms with E-state index in [1.807, 2.05) is 25.1 Å². The van der Waals surface area contributed by atoms with Crippen molar-refractivity contribution in [3.63, 3.8) is 0 Å². The summed E-state index contributed by atoms with van der Waals surface area (Å²) in [5.41, 5.74) is 3.75. The summed E-state index contributed by atoms with van der Waals surface area (Å²) in [5, 5.41) is 0.363. The fourth-order valence-electron chi connectivity index (χ4n) is 7.80. The summed E-state index contributed by atoms with van der Waals surface area (Å²) in [5.74, 6) is 5.11. The molecule has 1 N–H and O–H groups in total. The Morgan fingerprint density at radius 1 is 1.20 bits per heavy atom. The Kier molecular flexibility index (Phi) is 9.08. The molecule has 1 spiro atoms. The molecule has 2 bridgehead atoms. The van der Waals surface area contributed by atoms with Gasteiger partial charge in [-0.1, -0.05) is 29.8 Å². The van der Waals surface area contributed by atoms with Gasteiger partial charge in [0.05, 0.1) is 34.7 Å². The molecule has 4 aliphatic rings. The van der Waals surface area contributed by atoms with E-state index in [4.69, 9.17) is 25.8 Å². The normalized spacial score (nSPS) is 34.5. The minimum absolute atomic E-state index is 0.00971. The fraction of sp³-hybridized carbons (Fsp3) is 0.543. The first kappa shape index (κ1) is 31.5. The van der Waals surface area contributed by atoms with Crippen LogP contribution in [-0.2, 0) is 31.0 Å². The number of rotatable bonds is 3. The van der Waals surface area contributed by atoms with Gasteiger partial charge in [0.2, 0.25) is 0 Å². The Balaban J connectivity index is 1.42. The lowest BCUT2D eigenvalue weighted by atomic mass is 9.68. The zero-order valence-corrected chi connectivity index (χ0v) is 27.6. The zero-order chi connectivity index (χ0) is 31.1. The maximum atomic E-state index is 13.9. The number of amides is 1. The van der Waals surface area contributed by atoms with Crippen molar-refractivity contribution in [3.05, 3.63) is 70.3 Å². The molecule has 0 aromatic heterocycles. The third kappa shape index (κ3) is 6.03. The largest absolute Gasteiger partial charge is 0.490 e. The minimum atomic E-state index is -2.99. The first-order valence-electron chi connectivity index (χ1n) is 15.8. The molecule has 0 saturated heterocycles. The summed E-state index contributed by atoms with van der Waals surface area (Å²) >= 11 is 6.43. The third-order valence-corrected chi connectivity index (χ3v) is 13.0. The van der Waals surface area contributed by atoms with Gasteiger partial charge >= 0.3 is 0 Å². The zero-order valence-electron chi connectivity index (χ0n) is 26.1. The molecule has 1 unspecified atom stereocenters. The molecule has 7 atom stereocenters. The van der Waals surface area contributed by atoms with Gasteiger partial charge < -0.3 is 19.1 Å². The molecular weight excluding hydrogens is 596 g/mol. The van der Waals surface area contributed by atoms with E-state index in [0.29, 0.717) is 37.0 Å². The van der Waals surface area contributed by atoms with E-state index in [1.165, 1.54) is 11.1 Å². The number of carbonyl (C=O) groups is 1. The number of allylic oxidation sites excluding steroid dienone is 1. The summed E-state index contributed by atoms with van der Waals surface area (Å²) in [6, 6.07) is 11.9. The number of nitrogens with one attached hydrogen (secondary N) is 1. The number of carbonyl (C=O) groups excluding carboxylic acids is 1. The molecule has 2 aromatic carbocycles. The molecule has 0 radical (unpaired) electrons. The summed E-state index contributed by atoms with van der Waals surface area (Å²) in [4.78, 5) is 16.1. The lowest BCUT2D eigenvalue weighted by Gasteiger charge is -2.46. The van der Waals surface area contributed by atoms with E-state index >= 15 is 0 Å². The van der Waals surface area contributed by atoms with Crippen molar-refractivity contribution in [1.82, 2.24) is 4.72 Å². The van der Waals surface area contributed by atoms with Gasteiger partial charge in [0.25, 0.3) is 5.91 Å². The number of fused-ring (bicyclic) bond motifs is 4. The van der Waals surface area contributed by atoms with Gasteiger partial charge in [0.15, 0.2) is 0 Å². The molecular formula is C35H45ClN2O5S. The van der Waals surface area contributed by atoms with Crippen LogP contribution in [0.4, 0.5) is 5.69 Å². The van der Waals surface area contributed by atoms with Crippen molar-refractivity contribution >= 4 is 38.8 Å². The smallest absolute Gasteiger partial charge is 0.262 e. The number of halogens is 1. The van der Waals surface area contributed by atoms with E-state index in [0.717, 1.165) is 61.7 Å². The molecule has 2 aromatic rings. The second-order valence-electron chi connectivity index (χ2n) is 13.2. The quantitative estimate of drug-likeness (QED) is 0.336. The maximum Gasteiger partial charge on any atom is 0.262 e. The van der Waals surface area contributed by atoms with Crippen LogP contribution in [0.1, 0.15) is 60.5 Å². The van der Waals surface area contributed by atoms with Gasteiger partial charge in [-0.25, -0.2) is 4.21 Å². The first-order valence-corrected chi connectivity index (χ1v) is 18.0. The highest BCUT2D eigenvalue weighted by molar-refractivity contribution is 7.99. The lowest BCUT2D eigenvalue weighted by Crippen LogP contribution is -2.49. The highest BCUT2D eigenvalue weighted by atomic mass is 35.5. The van der Waals surface area contributed by atoms with Crippen molar-refractivity contribution in [1.29, 1.82) is 0 Å². The Hall–Kier alpha value is -2.52. The molecule has 7 nitrogen and oxygen atoms in total. The Morgan fingerprint density at radius 2 is 2.05 bits per heavy atom. The molecule has 2 heterocycles. The van der Waals surface area contributed by atoms with Crippen LogP contribution in [0.25, 0.3) is 0 Å². The number of ether oxygens (including phenoxy) is 3. The average Bonchev–Trinajstić information content (AvgIpc) is 3.14. The molecule has 6 rings (SSSR count). The second kappa shape index (κ2) is 12.7. The van der Waals surface area contributed by atoms with E-state index < -0.39 is 20.9 Å². The lowest BCUT2D eigenvalue weighted by molar-refractivity contribution is 0.0131. The van der Waals surface area contributed by atoms with Crippen molar-refractivity contribution in [2.45, 2.75) is 62.2 Å². The number of anilines is 1. The van der Waals surface area contributed by atoms with Crippen molar-refractivity contribution in [2.24, 2.45) is 17.8 Å². The number of aryl methyl sites for hydroxylation is 1. The van der Waals surface area contributed by atoms with Crippen LogP contribution in [0.15, 0.2) is 48.6 Å². The predicted octanol–water partition coefficient (Wildman–Crippen LogP) is 5.83. The van der Waals surface area contributed by atoms with Gasteiger partial charge in [0.1, 0.15) is 5.75 Å². The fourth-order valence-corrected chi connectivity index (χ4v) is 9.43. The topological polar surface area (TPSA) is 77.1 Å². The van der Waals surface area contributed by atoms with E-state index in [1.54, 1.807) is 20.3 Å². The molecule has 1 fully saturated rings. The minimum Gasteiger partial charge on any atom is -0.490 e. The van der Waals surface area contributed by atoms with E-state index in [2.05, 4.69) is 39.8 Å². The van der Waals surface area contributed by atoms with Crippen LogP contribution >= 0.6 is 11.6 Å². The summed E-state index contributed by atoms with van der Waals surface area (Å²) in [7, 11) is 0.445. The van der Waals surface area contributed by atoms with Gasteiger partial charge in [0, 0.05) is 54.5 Å². The Labute approximate surface area is 267 Å². The van der Waals surface area contributed by atoms with Crippen LogP contribution in [0.5, 0.6) is 5.75 Å². The first-order chi connectivity index (χ1) is 21.1. The molecule has 238 valence electrons. The monoisotopic (exact) mass is 640 g/mol. The summed E-state index contributed by atoms with van der Waals surface area (Å²) < 4.78 is 34.8. The van der Waals surface area contributed by atoms with Crippen LogP contribution in [-0.4, -0.2) is 67.9 Å². The SMILES string of the molecule is C=S1(=O)NC(=O)c2ccc3c(c2)N(C[C@@H]2CC[C@H]2[C@@H](OC)/C=C/C[C@H](COC)[C@H]1C)C[C@@]1(CCCc2cc(Cl)ccc21)CO3. The number of hydrogen-bond donors (Lipinski definition) is 1. The molecule has 1 saturated carbocycles. The Morgan fingerprint density at radius 3 is 2.80 bits per heavy atom. The van der Waals surface area contributed by atoms with Crippen LogP contribution in [0, 0.1) is 17.8 Å². The average molecular weight is 641 g/mol. The second-order valence-corrected chi connectivity index (χ2v) is 16.1. The van der Waals surface area contributed by atoms with E-state index in [-0.39, 0.29) is 17.4 Å². The standard InChI is InChI=1S/C35H45ClN2O5S/c1-23-27(20-41-2)7-5-9-32(42-3)29-13-10-26(29)19-38-21-35(16-6-8-24-17-28(36)12-14-30(24)35)22-43-33-15-11-25(18-31(33)38)34(39)37-44(23,4)40/h5,9,11-12,14-15,17-18,23,26-27,29,32H,4,6-8,10,13,16,19-22H2,1-3H3,(H,37,39,40)/b9-5+/t23-,26+,27-,29-,32+,35+,44?/m1/s1. The highest BCUT2D eigenvalue weighted by Crippen LogP contribution is 2.47. The van der Waals surface area contributed by atoms with E-state index in [9.17, 15) is 9.00 Å². The number of methoxy groups -OCH3 is 2. The number of hydrogen-bond acceptors (Lipinski definition) is 6. The number of nitrogens with zero attached hydrogens (tertiary/aromatic N) is 1. The van der Waals surface area contributed by atoms with Crippen molar-refractivity contribution in [2.75, 3.05) is 45.4 Å². The van der Waals surface area contributed by atoms with Crippen molar-refractivity contribution in [3.8, 4) is 5.75 Å². The summed E-state index contributed by atoms with van der Waals surface area (Å²) in [6.07, 6.45) is 10.3. The molecule has 2 aliphatic carbocycles. The summed E-state index contributed by atoms with van der Waals surface area (Å²) in [6.45, 7) is 4.46. The van der Waals surface area contributed by atoms with Gasteiger partial charge in [-0.05, 0) is 105 Å². The van der Waals surface area contributed by atoms with Crippen LogP contribution < -0.4 is 14.4 Å². The molecule has 9 heteroatoms. The van der Waals surface area contributed by atoms with Crippen LogP contribution in [0.2, 0.25) is 5.02 Å². The third-order valence-electron chi connectivity index (χ3n) is 10.6. The number of benzene rings is 2. The van der Waals surface area contributed by atoms with Crippen LogP contribution in [0.3, 0.4) is 0 Å². The molecule has 1 amide bonds. The van der Waals surface area contributed by atoms with Gasteiger partial charge in [-0.2, -0.15) is 0 Å². The maximum absolute atomic E-state index is 13.9.